The molecule has 1 aliphatic heterocycles. The number of nitrogens with zero attached hydrogens (tertiary/aromatic N) is 1. The van der Waals surface area contributed by atoms with Crippen LogP contribution in [0.5, 0.6) is 11.5 Å². The minimum Gasteiger partial charge on any atom is -0.506 e. The Hall–Kier alpha value is -3.51. The van der Waals surface area contributed by atoms with Crippen LogP contribution in [0.3, 0.4) is 0 Å². The summed E-state index contributed by atoms with van der Waals surface area (Å²) in [6, 6.07) is 21.0. The quantitative estimate of drug-likeness (QED) is 0.526. The lowest BCUT2D eigenvalue weighted by Gasteiger charge is -2.10. The molecule has 156 valence electrons. The number of para-hydroxylation sites is 2. The molecule has 1 saturated heterocycles. The number of ether oxygens (including phenoxy) is 1. The molecule has 0 aromatic heterocycles. The number of benzene rings is 3. The lowest BCUT2D eigenvalue weighted by atomic mass is 10.1. The lowest BCUT2D eigenvalue weighted by molar-refractivity contribution is -0.115. The summed E-state index contributed by atoms with van der Waals surface area (Å²) in [7, 11) is 0. The molecule has 2 N–H and O–H groups in total. The standard InChI is InChI=1S/C25H22N2O3S/c1-16-10-12-18(13-11-16)15-30-21-9-4-3-7-19(21)14-22-24(29)27-25(31-22)26-23-17(2)6-5-8-20(23)28/h3-14,28H,15H2,1-2H3,(H,26,27,29)/b22-14-. The highest BCUT2D eigenvalue weighted by Gasteiger charge is 2.25. The highest BCUT2D eigenvalue weighted by molar-refractivity contribution is 8.18. The average molecular weight is 431 g/mol. The first-order chi connectivity index (χ1) is 15.0. The van der Waals surface area contributed by atoms with Crippen LogP contribution in [0.4, 0.5) is 5.69 Å². The summed E-state index contributed by atoms with van der Waals surface area (Å²) >= 11 is 1.23. The van der Waals surface area contributed by atoms with E-state index in [0.717, 1.165) is 16.7 Å². The fourth-order valence-corrected chi connectivity index (χ4v) is 3.91. The van der Waals surface area contributed by atoms with Crippen LogP contribution in [-0.4, -0.2) is 16.2 Å². The first-order valence-corrected chi connectivity index (χ1v) is 10.7. The number of hydrogen-bond acceptors (Lipinski definition) is 5. The molecule has 3 aromatic rings. The molecule has 6 heteroatoms. The number of phenolic OH excluding ortho intramolecular Hbond substituents is 1. The van der Waals surface area contributed by atoms with Crippen LogP contribution in [0.25, 0.3) is 6.08 Å². The van der Waals surface area contributed by atoms with Gasteiger partial charge in [0.15, 0.2) is 5.17 Å². The predicted octanol–water partition coefficient (Wildman–Crippen LogP) is 5.48. The van der Waals surface area contributed by atoms with Crippen LogP contribution >= 0.6 is 11.8 Å². The Morgan fingerprint density at radius 3 is 2.58 bits per heavy atom. The number of phenols is 1. The van der Waals surface area contributed by atoms with Gasteiger partial charge in [-0.1, -0.05) is 60.2 Å². The molecule has 0 saturated carbocycles. The molecular weight excluding hydrogens is 408 g/mol. The minimum absolute atomic E-state index is 0.0784. The Morgan fingerprint density at radius 2 is 1.81 bits per heavy atom. The van der Waals surface area contributed by atoms with Gasteiger partial charge in [0.05, 0.1) is 4.91 Å². The van der Waals surface area contributed by atoms with E-state index in [-0.39, 0.29) is 11.7 Å². The third-order valence-corrected chi connectivity index (χ3v) is 5.71. The Balaban J connectivity index is 1.54. The van der Waals surface area contributed by atoms with Crippen molar-refractivity contribution in [2.45, 2.75) is 20.5 Å². The van der Waals surface area contributed by atoms with Crippen LogP contribution in [0.2, 0.25) is 0 Å². The number of amidine groups is 1. The smallest absolute Gasteiger partial charge is 0.264 e. The first kappa shape index (κ1) is 20.8. The molecule has 31 heavy (non-hydrogen) atoms. The topological polar surface area (TPSA) is 70.9 Å². The van der Waals surface area contributed by atoms with Crippen molar-refractivity contribution in [3.05, 3.63) is 93.9 Å². The second-order valence-corrected chi connectivity index (χ2v) is 8.27. The summed E-state index contributed by atoms with van der Waals surface area (Å²) in [6.07, 6.45) is 1.80. The van der Waals surface area contributed by atoms with E-state index >= 15 is 0 Å². The Labute approximate surface area is 185 Å². The molecule has 0 spiro atoms. The normalized spacial score (nSPS) is 16.0. The highest BCUT2D eigenvalue weighted by Crippen LogP contribution is 2.34. The van der Waals surface area contributed by atoms with Gasteiger partial charge in [0, 0.05) is 5.56 Å². The maximum absolute atomic E-state index is 12.5. The van der Waals surface area contributed by atoms with Gasteiger partial charge in [-0.25, -0.2) is 4.99 Å². The average Bonchev–Trinajstić information content (AvgIpc) is 3.10. The van der Waals surface area contributed by atoms with Gasteiger partial charge in [0.1, 0.15) is 23.8 Å². The fourth-order valence-electron chi connectivity index (χ4n) is 3.09. The molecule has 1 fully saturated rings. The zero-order chi connectivity index (χ0) is 21.8. The maximum Gasteiger partial charge on any atom is 0.264 e. The third kappa shape index (κ3) is 4.98. The van der Waals surface area contributed by atoms with Crippen molar-refractivity contribution in [2.75, 3.05) is 0 Å². The van der Waals surface area contributed by atoms with Gasteiger partial charge in [-0.2, -0.15) is 0 Å². The highest BCUT2D eigenvalue weighted by atomic mass is 32.2. The number of amides is 1. The molecule has 0 bridgehead atoms. The van der Waals surface area contributed by atoms with E-state index in [0.29, 0.717) is 28.1 Å². The second-order valence-electron chi connectivity index (χ2n) is 7.24. The van der Waals surface area contributed by atoms with Gasteiger partial charge in [-0.3, -0.25) is 4.79 Å². The number of carbonyl (C=O) groups excluding carboxylic acids is 1. The summed E-state index contributed by atoms with van der Waals surface area (Å²) in [5.41, 5.74) is 4.37. The number of nitrogens with one attached hydrogen (secondary N) is 1. The van der Waals surface area contributed by atoms with Crippen molar-refractivity contribution in [1.29, 1.82) is 0 Å². The third-order valence-electron chi connectivity index (χ3n) is 4.80. The zero-order valence-electron chi connectivity index (χ0n) is 17.3. The van der Waals surface area contributed by atoms with Crippen molar-refractivity contribution in [3.63, 3.8) is 0 Å². The number of aryl methyl sites for hydroxylation is 2. The van der Waals surface area contributed by atoms with Gasteiger partial charge in [0.25, 0.3) is 5.91 Å². The van der Waals surface area contributed by atoms with Crippen LogP contribution in [0.1, 0.15) is 22.3 Å². The Kier molecular flexibility index (Phi) is 6.09. The van der Waals surface area contributed by atoms with E-state index in [9.17, 15) is 9.90 Å². The molecule has 3 aromatic carbocycles. The number of carbonyl (C=O) groups is 1. The van der Waals surface area contributed by atoms with E-state index in [2.05, 4.69) is 29.4 Å². The fraction of sp³-hybridized carbons (Fsp3) is 0.120. The van der Waals surface area contributed by atoms with Crippen LogP contribution < -0.4 is 10.1 Å². The summed E-state index contributed by atoms with van der Waals surface area (Å²) in [6.45, 7) is 4.35. The van der Waals surface area contributed by atoms with E-state index in [4.69, 9.17) is 4.74 Å². The van der Waals surface area contributed by atoms with E-state index in [1.165, 1.54) is 17.3 Å². The molecule has 1 amide bonds. The van der Waals surface area contributed by atoms with Crippen LogP contribution in [0.15, 0.2) is 76.6 Å². The number of aromatic hydroxyl groups is 1. The number of hydrogen-bond donors (Lipinski definition) is 2. The number of aliphatic imine (C=N–C) groups is 1. The SMILES string of the molecule is Cc1ccc(COc2ccccc2/C=C2\SC(=Nc3c(C)cccc3O)NC2=O)cc1. The van der Waals surface area contributed by atoms with Crippen LogP contribution in [-0.2, 0) is 11.4 Å². The van der Waals surface area contributed by atoms with Crippen LogP contribution in [0, 0.1) is 13.8 Å². The summed E-state index contributed by atoms with van der Waals surface area (Å²) < 4.78 is 6.01. The van der Waals surface area contributed by atoms with Crippen molar-refractivity contribution in [2.24, 2.45) is 4.99 Å². The molecule has 1 heterocycles. The largest absolute Gasteiger partial charge is 0.506 e. The molecule has 0 unspecified atom stereocenters. The van der Waals surface area contributed by atoms with E-state index in [1.807, 2.05) is 49.4 Å². The second kappa shape index (κ2) is 9.10. The summed E-state index contributed by atoms with van der Waals surface area (Å²) in [5.74, 6) is 0.547. The van der Waals surface area contributed by atoms with E-state index in [1.54, 1.807) is 18.2 Å². The van der Waals surface area contributed by atoms with Crippen molar-refractivity contribution >= 4 is 34.6 Å². The molecule has 0 radical (unpaired) electrons. The molecule has 4 rings (SSSR count). The predicted molar refractivity (Wildman–Crippen MR) is 126 cm³/mol. The molecule has 0 atom stereocenters. The van der Waals surface area contributed by atoms with Crippen molar-refractivity contribution in [3.8, 4) is 11.5 Å². The summed E-state index contributed by atoms with van der Waals surface area (Å²) in [5, 5.41) is 13.3. The molecular formula is C25H22N2O3S. The van der Waals surface area contributed by atoms with Crippen molar-refractivity contribution in [1.82, 2.24) is 5.32 Å². The molecule has 5 nitrogen and oxygen atoms in total. The zero-order valence-corrected chi connectivity index (χ0v) is 18.1. The van der Waals surface area contributed by atoms with Gasteiger partial charge < -0.3 is 15.2 Å². The van der Waals surface area contributed by atoms with E-state index < -0.39 is 0 Å². The first-order valence-electron chi connectivity index (χ1n) is 9.85. The summed E-state index contributed by atoms with van der Waals surface area (Å²) in [4.78, 5) is 17.4. The Bertz CT molecular complexity index is 1160. The van der Waals surface area contributed by atoms with Gasteiger partial charge >= 0.3 is 0 Å². The lowest BCUT2D eigenvalue weighted by Crippen LogP contribution is -2.19. The minimum atomic E-state index is -0.231. The maximum atomic E-state index is 12.5. The molecule has 1 aliphatic rings. The monoisotopic (exact) mass is 430 g/mol. The number of thioether (sulfide) groups is 1. The number of rotatable bonds is 5. The van der Waals surface area contributed by atoms with Gasteiger partial charge in [-0.15, -0.1) is 0 Å². The van der Waals surface area contributed by atoms with Gasteiger partial charge in [0.2, 0.25) is 0 Å². The molecule has 0 aliphatic carbocycles. The van der Waals surface area contributed by atoms with Crippen molar-refractivity contribution < 1.29 is 14.6 Å². The van der Waals surface area contributed by atoms with Gasteiger partial charge in [-0.05, 0) is 54.9 Å². The Morgan fingerprint density at radius 1 is 1.03 bits per heavy atom.